The molecule has 0 aliphatic carbocycles. The van der Waals surface area contributed by atoms with E-state index in [1.807, 2.05) is 19.1 Å². The van der Waals surface area contributed by atoms with Crippen molar-refractivity contribution in [1.82, 2.24) is 9.88 Å². The number of anilines is 2. The summed E-state index contributed by atoms with van der Waals surface area (Å²) in [6.07, 6.45) is 2.44. The molecule has 0 aromatic carbocycles. The van der Waals surface area contributed by atoms with Crippen molar-refractivity contribution in [1.29, 1.82) is 0 Å². The monoisotopic (exact) mass is 264 g/mol. The molecule has 1 aliphatic rings. The van der Waals surface area contributed by atoms with Gasteiger partial charge in [0.15, 0.2) is 0 Å². The molecular formula is C14H24N4O. The first-order chi connectivity index (χ1) is 9.11. The molecule has 1 aromatic heterocycles. The Hall–Kier alpha value is -1.49. The molecule has 0 spiro atoms. The molecule has 2 rings (SSSR count). The lowest BCUT2D eigenvalue weighted by atomic mass is 10.1. The molecule has 106 valence electrons. The highest BCUT2D eigenvalue weighted by Gasteiger charge is 2.22. The number of pyridine rings is 1. The normalized spacial score (nSPS) is 20.3. The largest absolute Gasteiger partial charge is 0.476 e. The van der Waals surface area contributed by atoms with Crippen molar-refractivity contribution in [2.45, 2.75) is 25.8 Å². The molecular weight excluding hydrogens is 240 g/mol. The number of hydrogen-bond acceptors (Lipinski definition) is 5. The number of piperidine rings is 1. The molecule has 1 aromatic rings. The van der Waals surface area contributed by atoms with Gasteiger partial charge in [0.1, 0.15) is 5.82 Å². The van der Waals surface area contributed by atoms with Gasteiger partial charge in [0.25, 0.3) is 0 Å². The summed E-state index contributed by atoms with van der Waals surface area (Å²) < 4.78 is 5.46. The van der Waals surface area contributed by atoms with Crippen molar-refractivity contribution >= 4 is 11.5 Å². The lowest BCUT2D eigenvalue weighted by molar-refractivity contribution is 0.247. The smallest absolute Gasteiger partial charge is 0.239 e. The molecule has 0 amide bonds. The lowest BCUT2D eigenvalue weighted by Gasteiger charge is -2.36. The molecule has 0 radical (unpaired) electrons. The summed E-state index contributed by atoms with van der Waals surface area (Å²) in [4.78, 5) is 9.12. The Bertz CT molecular complexity index is 424. The second-order valence-electron chi connectivity index (χ2n) is 5.17. The van der Waals surface area contributed by atoms with E-state index < -0.39 is 0 Å². The van der Waals surface area contributed by atoms with Gasteiger partial charge < -0.3 is 20.3 Å². The molecule has 1 fully saturated rings. The number of ether oxygens (including phenoxy) is 1. The standard InChI is InChI=1S/C14H24N4O/c1-4-19-14-12(15)7-8-13(16-14)18(3)11-6-5-9-17(2)10-11/h7-8,11H,4-6,9-10,15H2,1-3H3. The number of likely N-dealkylation sites (N-methyl/N-ethyl adjacent to an activating group) is 2. The Morgan fingerprint density at radius 3 is 3.00 bits per heavy atom. The first-order valence-electron chi connectivity index (χ1n) is 6.92. The fraction of sp³-hybridized carbons (Fsp3) is 0.643. The quantitative estimate of drug-likeness (QED) is 0.895. The molecule has 0 bridgehead atoms. The first kappa shape index (κ1) is 13.9. The molecule has 1 atom stereocenters. The maximum atomic E-state index is 5.86. The summed E-state index contributed by atoms with van der Waals surface area (Å²) in [7, 11) is 4.26. The summed E-state index contributed by atoms with van der Waals surface area (Å²) in [6, 6.07) is 4.34. The third kappa shape index (κ3) is 3.29. The number of hydrogen-bond donors (Lipinski definition) is 1. The van der Waals surface area contributed by atoms with Gasteiger partial charge in [0.2, 0.25) is 5.88 Å². The number of rotatable bonds is 4. The zero-order chi connectivity index (χ0) is 13.8. The average Bonchev–Trinajstić information content (AvgIpc) is 2.41. The Morgan fingerprint density at radius 2 is 2.32 bits per heavy atom. The van der Waals surface area contributed by atoms with Crippen molar-refractivity contribution in [3.05, 3.63) is 12.1 Å². The zero-order valence-corrected chi connectivity index (χ0v) is 12.1. The van der Waals surface area contributed by atoms with Crippen LogP contribution in [-0.4, -0.2) is 49.7 Å². The SMILES string of the molecule is CCOc1nc(N(C)C2CCCN(C)C2)ccc1N. The van der Waals surface area contributed by atoms with Gasteiger partial charge in [-0.15, -0.1) is 0 Å². The third-order valence-electron chi connectivity index (χ3n) is 3.66. The van der Waals surface area contributed by atoms with E-state index in [-0.39, 0.29) is 0 Å². The fourth-order valence-corrected chi connectivity index (χ4v) is 2.53. The van der Waals surface area contributed by atoms with Crippen LogP contribution in [0.25, 0.3) is 0 Å². The van der Waals surface area contributed by atoms with Crippen LogP contribution in [0, 0.1) is 0 Å². The highest BCUT2D eigenvalue weighted by Crippen LogP contribution is 2.25. The van der Waals surface area contributed by atoms with Crippen molar-refractivity contribution in [2.24, 2.45) is 0 Å². The molecule has 5 nitrogen and oxygen atoms in total. The van der Waals surface area contributed by atoms with Gasteiger partial charge in [0.05, 0.1) is 12.3 Å². The predicted molar refractivity (Wildman–Crippen MR) is 78.7 cm³/mol. The molecule has 5 heteroatoms. The van der Waals surface area contributed by atoms with Gasteiger partial charge >= 0.3 is 0 Å². The summed E-state index contributed by atoms with van der Waals surface area (Å²) in [5, 5.41) is 0. The van der Waals surface area contributed by atoms with Gasteiger partial charge in [-0.1, -0.05) is 0 Å². The fourth-order valence-electron chi connectivity index (χ4n) is 2.53. The van der Waals surface area contributed by atoms with Crippen LogP contribution in [0.15, 0.2) is 12.1 Å². The maximum Gasteiger partial charge on any atom is 0.239 e. The minimum atomic E-state index is 0.504. The zero-order valence-electron chi connectivity index (χ0n) is 12.1. The predicted octanol–water partition coefficient (Wildman–Crippen LogP) is 1.59. The van der Waals surface area contributed by atoms with E-state index >= 15 is 0 Å². The lowest BCUT2D eigenvalue weighted by Crippen LogP contribution is -2.45. The minimum absolute atomic E-state index is 0.504. The van der Waals surface area contributed by atoms with Crippen LogP contribution in [0.3, 0.4) is 0 Å². The van der Waals surface area contributed by atoms with Crippen LogP contribution < -0.4 is 15.4 Å². The molecule has 1 aliphatic heterocycles. The Labute approximate surface area is 115 Å². The highest BCUT2D eigenvalue weighted by atomic mass is 16.5. The van der Waals surface area contributed by atoms with Crippen molar-refractivity contribution < 1.29 is 4.74 Å². The van der Waals surface area contributed by atoms with Gasteiger partial charge in [-0.25, -0.2) is 0 Å². The van der Waals surface area contributed by atoms with Gasteiger partial charge in [-0.2, -0.15) is 4.98 Å². The van der Waals surface area contributed by atoms with Crippen LogP contribution in [0.5, 0.6) is 5.88 Å². The number of nitrogens with two attached hydrogens (primary N) is 1. The van der Waals surface area contributed by atoms with E-state index in [1.165, 1.54) is 19.4 Å². The van der Waals surface area contributed by atoms with Gasteiger partial charge in [-0.3, -0.25) is 0 Å². The molecule has 0 saturated carbocycles. The van der Waals surface area contributed by atoms with Crippen LogP contribution >= 0.6 is 0 Å². The van der Waals surface area contributed by atoms with Crippen molar-refractivity contribution in [3.63, 3.8) is 0 Å². The van der Waals surface area contributed by atoms with E-state index in [0.29, 0.717) is 24.2 Å². The van der Waals surface area contributed by atoms with Crippen molar-refractivity contribution in [3.8, 4) is 5.88 Å². The molecule has 19 heavy (non-hydrogen) atoms. The van der Waals surface area contributed by atoms with E-state index in [1.54, 1.807) is 0 Å². The number of nitrogen functional groups attached to an aromatic ring is 1. The first-order valence-corrected chi connectivity index (χ1v) is 6.92. The number of aromatic nitrogens is 1. The molecule has 2 heterocycles. The Morgan fingerprint density at radius 1 is 1.53 bits per heavy atom. The topological polar surface area (TPSA) is 54.6 Å². The van der Waals surface area contributed by atoms with Crippen LogP contribution in [0.2, 0.25) is 0 Å². The third-order valence-corrected chi connectivity index (χ3v) is 3.66. The van der Waals surface area contributed by atoms with Crippen molar-refractivity contribution in [2.75, 3.05) is 44.4 Å². The average molecular weight is 264 g/mol. The van der Waals surface area contributed by atoms with Crippen LogP contribution in [0.4, 0.5) is 11.5 Å². The van der Waals surface area contributed by atoms with E-state index in [0.717, 1.165) is 12.4 Å². The van der Waals surface area contributed by atoms with Gasteiger partial charge in [-0.05, 0) is 45.5 Å². The second kappa shape index (κ2) is 6.10. The summed E-state index contributed by atoms with van der Waals surface area (Å²) in [5.74, 6) is 1.47. The maximum absolute atomic E-state index is 5.86. The second-order valence-corrected chi connectivity index (χ2v) is 5.17. The summed E-state index contributed by atoms with van der Waals surface area (Å²) in [6.45, 7) is 4.78. The molecule has 1 unspecified atom stereocenters. The number of nitrogens with zero attached hydrogens (tertiary/aromatic N) is 3. The van der Waals surface area contributed by atoms with Gasteiger partial charge in [0, 0.05) is 19.6 Å². The Kier molecular flexibility index (Phi) is 4.47. The summed E-state index contributed by atoms with van der Waals surface area (Å²) >= 11 is 0. The summed E-state index contributed by atoms with van der Waals surface area (Å²) in [5.41, 5.74) is 6.46. The molecule has 1 saturated heterocycles. The minimum Gasteiger partial charge on any atom is -0.476 e. The molecule has 2 N–H and O–H groups in total. The Balaban J connectivity index is 2.13. The van der Waals surface area contributed by atoms with Crippen LogP contribution in [-0.2, 0) is 0 Å². The van der Waals surface area contributed by atoms with E-state index in [2.05, 4.69) is 28.9 Å². The highest BCUT2D eigenvalue weighted by molar-refractivity contribution is 5.54. The van der Waals surface area contributed by atoms with Crippen LogP contribution in [0.1, 0.15) is 19.8 Å². The number of likely N-dealkylation sites (tertiary alicyclic amines) is 1. The van der Waals surface area contributed by atoms with E-state index in [4.69, 9.17) is 10.5 Å². The van der Waals surface area contributed by atoms with E-state index in [9.17, 15) is 0 Å².